The van der Waals surface area contributed by atoms with Crippen molar-refractivity contribution in [3.8, 4) is 44.5 Å². The Morgan fingerprint density at radius 3 is 1.42 bits per heavy atom. The first-order valence-corrected chi connectivity index (χ1v) is 21.0. The van der Waals surface area contributed by atoms with Crippen LogP contribution in [0, 0.1) is 0 Å². The van der Waals surface area contributed by atoms with Gasteiger partial charge in [0.1, 0.15) is 0 Å². The minimum Gasteiger partial charge on any atom is -0.310 e. The summed E-state index contributed by atoms with van der Waals surface area (Å²) in [6.45, 7) is 13.3. The van der Waals surface area contributed by atoms with Gasteiger partial charge in [0.15, 0.2) is 0 Å². The summed E-state index contributed by atoms with van der Waals surface area (Å²) in [5.41, 5.74) is 22.7. The number of nitrogens with zero attached hydrogens (tertiary/aromatic N) is 1. The van der Waals surface area contributed by atoms with Gasteiger partial charge in [0.25, 0.3) is 0 Å². The topological polar surface area (TPSA) is 3.24 Å². The maximum Gasteiger partial charge on any atom is 0.0726 e. The van der Waals surface area contributed by atoms with Gasteiger partial charge in [-0.3, -0.25) is 0 Å². The van der Waals surface area contributed by atoms with E-state index in [1.54, 1.807) is 6.92 Å². The predicted octanol–water partition coefficient (Wildman–Crippen LogP) is 15.3. The molecule has 8 aromatic carbocycles. The van der Waals surface area contributed by atoms with E-state index in [1.165, 1.54) is 72.3 Å². The Labute approximate surface area is 352 Å². The molecule has 1 unspecified atom stereocenters. The highest BCUT2D eigenvalue weighted by Gasteiger charge is 2.52. The van der Waals surface area contributed by atoms with Crippen LogP contribution in [0.4, 0.5) is 17.1 Å². The Balaban J connectivity index is 1.13. The summed E-state index contributed by atoms with van der Waals surface area (Å²) in [5, 5.41) is 0. The van der Waals surface area contributed by atoms with E-state index in [0.717, 1.165) is 28.2 Å². The Hall–Kier alpha value is -6.44. The third-order valence-electron chi connectivity index (χ3n) is 13.7. The van der Waals surface area contributed by atoms with E-state index < -0.39 is 11.8 Å². The predicted molar refractivity (Wildman–Crippen MR) is 249 cm³/mol. The number of hydrogen-bond acceptors (Lipinski definition) is 1. The first kappa shape index (κ1) is 33.5. The molecule has 0 radical (unpaired) electrons. The highest BCUT2D eigenvalue weighted by atomic mass is 15.1. The lowest BCUT2D eigenvalue weighted by atomic mass is 9.69. The van der Waals surface area contributed by atoms with Crippen LogP contribution in [0.5, 0.6) is 0 Å². The number of hydrogen-bond donors (Lipinski definition) is 0. The molecule has 0 bridgehead atoms. The van der Waals surface area contributed by atoms with Gasteiger partial charge < -0.3 is 4.90 Å². The number of aryl methyl sites for hydroxylation is 1. The maximum absolute atomic E-state index is 8.20. The monoisotopic (exact) mass is 761 g/mol. The Morgan fingerprint density at radius 1 is 0.441 bits per heavy atom. The second-order valence-corrected chi connectivity index (χ2v) is 18.2. The summed E-state index contributed by atoms with van der Waals surface area (Å²) in [6, 6.07) is 65.2. The fourth-order valence-electron chi connectivity index (χ4n) is 10.6. The zero-order valence-corrected chi connectivity index (χ0v) is 34.7. The SMILES string of the molecule is [2H]C([2H])(C)c1ccc(-c2ccc(N(c3ccc4c(c3)C(C)(C)c3ccccc3-4)c3ccc4c(c3)C3(c5ccccc5-4)c4ccccc4-c4ccc(C(C)(C)C)cc43)cc2)cc1. The maximum atomic E-state index is 8.20. The molecule has 0 aromatic heterocycles. The summed E-state index contributed by atoms with van der Waals surface area (Å²) in [7, 11) is 0. The van der Waals surface area contributed by atoms with Crippen molar-refractivity contribution in [2.24, 2.45) is 0 Å². The van der Waals surface area contributed by atoms with Crippen molar-refractivity contribution < 1.29 is 2.74 Å². The average Bonchev–Trinajstić information content (AvgIpc) is 3.81. The lowest BCUT2D eigenvalue weighted by molar-refractivity contribution is 0.588. The Morgan fingerprint density at radius 2 is 0.864 bits per heavy atom. The molecule has 3 aliphatic rings. The summed E-state index contributed by atoms with van der Waals surface area (Å²) >= 11 is 0. The van der Waals surface area contributed by atoms with E-state index in [-0.39, 0.29) is 10.8 Å². The van der Waals surface area contributed by atoms with Crippen LogP contribution in [-0.2, 0) is 22.6 Å². The zero-order valence-electron chi connectivity index (χ0n) is 36.7. The molecule has 0 N–H and O–H groups in total. The van der Waals surface area contributed by atoms with Gasteiger partial charge in [0.05, 0.1) is 5.41 Å². The summed E-state index contributed by atoms with van der Waals surface area (Å²) in [6.07, 6.45) is -1.39. The molecular formula is C58H49N. The molecule has 11 rings (SSSR count). The van der Waals surface area contributed by atoms with Gasteiger partial charge in [0, 0.05) is 25.2 Å². The molecule has 0 fully saturated rings. The minimum absolute atomic E-state index is 0.0103. The molecule has 8 aromatic rings. The van der Waals surface area contributed by atoms with Gasteiger partial charge in [-0.15, -0.1) is 0 Å². The van der Waals surface area contributed by atoms with Crippen LogP contribution in [0.15, 0.2) is 176 Å². The molecular weight excluding hydrogens is 711 g/mol. The first-order valence-electron chi connectivity index (χ1n) is 22.0. The minimum atomic E-state index is -1.39. The molecule has 1 nitrogen and oxygen atoms in total. The number of anilines is 3. The summed E-state index contributed by atoms with van der Waals surface area (Å²) < 4.78 is 16.4. The second kappa shape index (κ2) is 12.8. The molecule has 1 atom stereocenters. The Kier molecular flexibility index (Phi) is 7.26. The van der Waals surface area contributed by atoms with E-state index in [0.29, 0.717) is 5.56 Å². The third-order valence-corrected chi connectivity index (χ3v) is 13.7. The van der Waals surface area contributed by atoms with Gasteiger partial charge in [-0.25, -0.2) is 0 Å². The van der Waals surface area contributed by atoms with Gasteiger partial charge in [-0.1, -0.05) is 181 Å². The molecule has 1 heteroatoms. The summed E-state index contributed by atoms with van der Waals surface area (Å²) in [4.78, 5) is 2.45. The molecule has 0 aliphatic heterocycles. The van der Waals surface area contributed by atoms with Gasteiger partial charge >= 0.3 is 0 Å². The van der Waals surface area contributed by atoms with Crippen molar-refractivity contribution in [3.63, 3.8) is 0 Å². The van der Waals surface area contributed by atoms with Crippen molar-refractivity contribution in [2.75, 3.05) is 4.90 Å². The molecule has 59 heavy (non-hydrogen) atoms. The number of benzene rings is 8. The quantitative estimate of drug-likeness (QED) is 0.169. The molecule has 0 saturated carbocycles. The number of fused-ring (bicyclic) bond motifs is 13. The normalized spacial score (nSPS) is 17.0. The lowest BCUT2D eigenvalue weighted by Gasteiger charge is -2.33. The van der Waals surface area contributed by atoms with Crippen molar-refractivity contribution in [1.82, 2.24) is 0 Å². The highest BCUT2D eigenvalue weighted by Crippen LogP contribution is 2.64. The van der Waals surface area contributed by atoms with Gasteiger partial charge in [0.2, 0.25) is 0 Å². The van der Waals surface area contributed by atoms with E-state index in [4.69, 9.17) is 2.74 Å². The van der Waals surface area contributed by atoms with E-state index in [2.05, 4.69) is 191 Å². The van der Waals surface area contributed by atoms with Crippen molar-refractivity contribution >= 4 is 17.1 Å². The molecule has 286 valence electrons. The molecule has 0 heterocycles. The number of rotatable bonds is 5. The van der Waals surface area contributed by atoms with E-state index in [1.807, 2.05) is 24.3 Å². The van der Waals surface area contributed by atoms with Crippen molar-refractivity contribution in [2.45, 2.75) is 64.2 Å². The molecule has 0 saturated heterocycles. The van der Waals surface area contributed by atoms with Gasteiger partial charge in [-0.2, -0.15) is 0 Å². The van der Waals surface area contributed by atoms with Crippen LogP contribution in [0.3, 0.4) is 0 Å². The third kappa shape index (κ3) is 5.10. The highest BCUT2D eigenvalue weighted by molar-refractivity contribution is 5.97. The van der Waals surface area contributed by atoms with Crippen LogP contribution in [0.1, 0.15) is 88.8 Å². The van der Waals surface area contributed by atoms with Crippen molar-refractivity contribution in [1.29, 1.82) is 0 Å². The molecule has 3 aliphatic carbocycles. The van der Waals surface area contributed by atoms with Crippen LogP contribution in [0.25, 0.3) is 44.5 Å². The zero-order chi connectivity index (χ0) is 42.1. The fourth-order valence-corrected chi connectivity index (χ4v) is 10.6. The largest absolute Gasteiger partial charge is 0.310 e. The Bertz CT molecular complexity index is 3060. The molecule has 0 amide bonds. The van der Waals surface area contributed by atoms with Crippen molar-refractivity contribution in [3.05, 3.63) is 220 Å². The first-order chi connectivity index (χ1) is 29.3. The van der Waals surface area contributed by atoms with Crippen LogP contribution < -0.4 is 4.90 Å². The van der Waals surface area contributed by atoms with E-state index >= 15 is 0 Å². The van der Waals surface area contributed by atoms with Crippen LogP contribution in [-0.4, -0.2) is 0 Å². The summed E-state index contributed by atoms with van der Waals surface area (Å²) in [5.74, 6) is 0. The van der Waals surface area contributed by atoms with Crippen LogP contribution >= 0.6 is 0 Å². The molecule has 1 spiro atoms. The smallest absolute Gasteiger partial charge is 0.0726 e. The van der Waals surface area contributed by atoms with Gasteiger partial charge in [-0.05, 0) is 137 Å². The second-order valence-electron chi connectivity index (χ2n) is 18.2. The average molecular weight is 762 g/mol. The standard InChI is InChI=1S/C58H49N/c1-7-37-20-22-38(23-21-37)39-24-27-41(28-25-39)59(42-29-32-47-44-14-8-11-17-50(44)57(5,6)53(47)35-42)43-30-33-49-46-16-10-13-19-52(46)58(55(49)36-43)51-18-12-9-15-45(51)48-31-26-40(34-54(48)58)56(2,3)4/h8-36H,7H2,1-6H3/i7D2. The fraction of sp³-hybridized carbons (Fsp3) is 0.172. The van der Waals surface area contributed by atoms with E-state index in [9.17, 15) is 0 Å². The van der Waals surface area contributed by atoms with Crippen LogP contribution in [0.2, 0.25) is 0 Å². The lowest BCUT2D eigenvalue weighted by Crippen LogP contribution is -2.27.